The molecule has 9 heteroatoms. The van der Waals surface area contributed by atoms with Gasteiger partial charge in [0, 0.05) is 17.8 Å². The zero-order valence-corrected chi connectivity index (χ0v) is 15.6. The summed E-state index contributed by atoms with van der Waals surface area (Å²) in [6.45, 7) is -0.516. The highest BCUT2D eigenvalue weighted by Crippen LogP contribution is 2.21. The van der Waals surface area contributed by atoms with Crippen LogP contribution in [0.3, 0.4) is 0 Å². The Labute approximate surface area is 168 Å². The van der Waals surface area contributed by atoms with Crippen LogP contribution < -0.4 is 15.6 Å². The lowest BCUT2D eigenvalue weighted by Crippen LogP contribution is -2.32. The normalized spacial score (nSPS) is 10.6. The SMILES string of the molecule is O=C(NCn1ccc(OCc2ccc(F)cc2F)c(Cl)c1=O)c1ccccc1F. The highest BCUT2D eigenvalue weighted by atomic mass is 35.5. The number of aromatic nitrogens is 1. The Kier molecular flexibility index (Phi) is 6.23. The summed E-state index contributed by atoms with van der Waals surface area (Å²) < 4.78 is 46.6. The van der Waals surface area contributed by atoms with Gasteiger partial charge in [-0.25, -0.2) is 13.2 Å². The zero-order valence-electron chi connectivity index (χ0n) is 14.8. The summed E-state index contributed by atoms with van der Waals surface area (Å²) in [5.41, 5.74) is -0.741. The fourth-order valence-electron chi connectivity index (χ4n) is 2.46. The van der Waals surface area contributed by atoms with Crippen molar-refractivity contribution in [3.63, 3.8) is 0 Å². The second-order valence-corrected chi connectivity index (χ2v) is 6.32. The van der Waals surface area contributed by atoms with Crippen LogP contribution in [-0.2, 0) is 13.3 Å². The first-order chi connectivity index (χ1) is 13.9. The summed E-state index contributed by atoms with van der Waals surface area (Å²) in [4.78, 5) is 24.4. The average Bonchev–Trinajstić information content (AvgIpc) is 2.69. The molecule has 1 aromatic heterocycles. The van der Waals surface area contributed by atoms with E-state index in [0.717, 1.165) is 22.8 Å². The van der Waals surface area contributed by atoms with E-state index in [9.17, 15) is 22.8 Å². The van der Waals surface area contributed by atoms with Crippen LogP contribution in [0.1, 0.15) is 15.9 Å². The zero-order chi connectivity index (χ0) is 21.0. The van der Waals surface area contributed by atoms with E-state index in [1.165, 1.54) is 36.5 Å². The average molecular weight is 423 g/mol. The van der Waals surface area contributed by atoms with Crippen LogP contribution in [0.15, 0.2) is 59.5 Å². The van der Waals surface area contributed by atoms with Crippen molar-refractivity contribution in [2.24, 2.45) is 0 Å². The van der Waals surface area contributed by atoms with Crippen molar-refractivity contribution in [3.8, 4) is 5.75 Å². The Bertz CT molecular complexity index is 1120. The predicted molar refractivity (Wildman–Crippen MR) is 100 cm³/mol. The third kappa shape index (κ3) is 4.78. The number of halogens is 4. The molecule has 0 unspecified atom stereocenters. The molecule has 1 N–H and O–H groups in total. The van der Waals surface area contributed by atoms with E-state index >= 15 is 0 Å². The molecule has 0 fully saturated rings. The molecule has 3 rings (SSSR count). The first-order valence-corrected chi connectivity index (χ1v) is 8.73. The molecule has 0 aliphatic heterocycles. The summed E-state index contributed by atoms with van der Waals surface area (Å²) >= 11 is 6.00. The van der Waals surface area contributed by atoms with Crippen LogP contribution in [0.2, 0.25) is 5.02 Å². The second-order valence-electron chi connectivity index (χ2n) is 5.94. The second kappa shape index (κ2) is 8.83. The van der Waals surface area contributed by atoms with Gasteiger partial charge in [0.2, 0.25) is 0 Å². The number of hydrogen-bond acceptors (Lipinski definition) is 3. The summed E-state index contributed by atoms with van der Waals surface area (Å²) in [5, 5.41) is 2.13. The Morgan fingerprint density at radius 1 is 1.07 bits per heavy atom. The quantitative estimate of drug-likeness (QED) is 0.655. The number of benzene rings is 2. The van der Waals surface area contributed by atoms with Crippen LogP contribution in [0.5, 0.6) is 5.75 Å². The van der Waals surface area contributed by atoms with Crippen molar-refractivity contribution in [1.82, 2.24) is 9.88 Å². The number of carbonyl (C=O) groups is 1. The van der Waals surface area contributed by atoms with Crippen LogP contribution in [-0.4, -0.2) is 10.5 Å². The van der Waals surface area contributed by atoms with Crippen LogP contribution >= 0.6 is 11.6 Å². The van der Waals surface area contributed by atoms with Gasteiger partial charge < -0.3 is 10.1 Å². The largest absolute Gasteiger partial charge is 0.487 e. The van der Waals surface area contributed by atoms with Crippen molar-refractivity contribution >= 4 is 17.5 Å². The molecule has 3 aromatic rings. The Morgan fingerprint density at radius 2 is 1.83 bits per heavy atom. The summed E-state index contributed by atoms with van der Waals surface area (Å²) in [6.07, 6.45) is 1.31. The molecule has 0 bridgehead atoms. The van der Waals surface area contributed by atoms with Gasteiger partial charge in [-0.2, -0.15) is 0 Å². The third-order valence-electron chi connectivity index (χ3n) is 4.00. The van der Waals surface area contributed by atoms with Gasteiger partial charge in [0.1, 0.15) is 34.8 Å². The first kappa shape index (κ1) is 20.5. The standard InChI is InChI=1S/C20H14ClF3N2O3/c21-18-17(29-10-12-5-6-13(22)9-16(12)24)7-8-26(20(18)28)11-25-19(27)14-3-1-2-4-15(14)23/h1-9H,10-11H2,(H,25,27). The number of nitrogens with zero attached hydrogens (tertiary/aromatic N) is 1. The maximum absolute atomic E-state index is 13.7. The van der Waals surface area contributed by atoms with Crippen molar-refractivity contribution in [2.45, 2.75) is 13.3 Å². The van der Waals surface area contributed by atoms with Gasteiger partial charge in [0.05, 0.1) is 12.2 Å². The molecule has 0 saturated heterocycles. The molecule has 1 heterocycles. The predicted octanol–water partition coefficient (Wildman–Crippen LogP) is 3.89. The molecule has 5 nitrogen and oxygen atoms in total. The Morgan fingerprint density at radius 3 is 2.55 bits per heavy atom. The number of amides is 1. The van der Waals surface area contributed by atoms with E-state index in [1.54, 1.807) is 0 Å². The molecule has 29 heavy (non-hydrogen) atoms. The van der Waals surface area contributed by atoms with Crippen LogP contribution in [0.4, 0.5) is 13.2 Å². The van der Waals surface area contributed by atoms with Gasteiger partial charge in [-0.1, -0.05) is 23.7 Å². The summed E-state index contributed by atoms with van der Waals surface area (Å²) in [7, 11) is 0. The molecule has 0 aliphatic carbocycles. The lowest BCUT2D eigenvalue weighted by Gasteiger charge is -2.12. The van der Waals surface area contributed by atoms with Gasteiger partial charge in [0.25, 0.3) is 11.5 Å². The number of nitrogens with one attached hydrogen (secondary N) is 1. The summed E-state index contributed by atoms with van der Waals surface area (Å²) in [5.74, 6) is -2.89. The Balaban J connectivity index is 1.68. The maximum atomic E-state index is 13.7. The smallest absolute Gasteiger partial charge is 0.274 e. The highest BCUT2D eigenvalue weighted by molar-refractivity contribution is 6.31. The highest BCUT2D eigenvalue weighted by Gasteiger charge is 2.13. The van der Waals surface area contributed by atoms with E-state index in [0.29, 0.717) is 0 Å². The van der Waals surface area contributed by atoms with Gasteiger partial charge in [-0.15, -0.1) is 0 Å². The van der Waals surface area contributed by atoms with Gasteiger partial charge >= 0.3 is 0 Å². The van der Waals surface area contributed by atoms with E-state index < -0.39 is 28.9 Å². The minimum absolute atomic E-state index is 0.00271. The lowest BCUT2D eigenvalue weighted by atomic mass is 10.2. The van der Waals surface area contributed by atoms with E-state index in [4.69, 9.17) is 16.3 Å². The number of pyridine rings is 1. The fraction of sp³-hybridized carbons (Fsp3) is 0.100. The number of rotatable bonds is 6. The molecule has 1 amide bonds. The van der Waals surface area contributed by atoms with Crippen molar-refractivity contribution in [1.29, 1.82) is 0 Å². The molecule has 2 aromatic carbocycles. The van der Waals surface area contributed by atoms with Gasteiger partial charge in [-0.3, -0.25) is 14.2 Å². The number of carbonyl (C=O) groups excluding carboxylic acids is 1. The lowest BCUT2D eigenvalue weighted by molar-refractivity contribution is 0.0937. The molecular weight excluding hydrogens is 409 g/mol. The maximum Gasteiger partial charge on any atom is 0.274 e. The molecule has 0 atom stereocenters. The molecule has 0 saturated carbocycles. The van der Waals surface area contributed by atoms with E-state index in [2.05, 4.69) is 5.32 Å². The molecule has 150 valence electrons. The monoisotopic (exact) mass is 422 g/mol. The molecule has 0 spiro atoms. The van der Waals surface area contributed by atoms with Crippen LogP contribution in [0, 0.1) is 17.5 Å². The number of ether oxygens (including phenoxy) is 1. The van der Waals surface area contributed by atoms with E-state index in [1.807, 2.05) is 0 Å². The minimum Gasteiger partial charge on any atom is -0.487 e. The number of hydrogen-bond donors (Lipinski definition) is 1. The van der Waals surface area contributed by atoms with E-state index in [-0.39, 0.29) is 35.2 Å². The van der Waals surface area contributed by atoms with Gasteiger partial charge in [0.15, 0.2) is 0 Å². The third-order valence-corrected chi connectivity index (χ3v) is 4.35. The van der Waals surface area contributed by atoms with Crippen LogP contribution in [0.25, 0.3) is 0 Å². The molecule has 0 aliphatic rings. The summed E-state index contributed by atoms with van der Waals surface area (Å²) in [6, 6.07) is 9.80. The molecule has 0 radical (unpaired) electrons. The Hall–Kier alpha value is -3.26. The van der Waals surface area contributed by atoms with Gasteiger partial charge in [-0.05, 0) is 30.3 Å². The topological polar surface area (TPSA) is 60.3 Å². The first-order valence-electron chi connectivity index (χ1n) is 8.35. The minimum atomic E-state index is -0.787. The molecular formula is C20H14ClF3N2O3. The fourth-order valence-corrected chi connectivity index (χ4v) is 2.68. The van der Waals surface area contributed by atoms with Crippen molar-refractivity contribution in [3.05, 3.63) is 98.7 Å². The van der Waals surface area contributed by atoms with Crippen molar-refractivity contribution in [2.75, 3.05) is 0 Å². The van der Waals surface area contributed by atoms with Crippen molar-refractivity contribution < 1.29 is 22.7 Å².